The lowest BCUT2D eigenvalue weighted by molar-refractivity contribution is -0.000374. The predicted molar refractivity (Wildman–Crippen MR) is 72.0 cm³/mol. The minimum atomic E-state index is 0.0509. The number of allylic oxidation sites excluding steroid dienone is 4. The highest BCUT2D eigenvalue weighted by atomic mass is 16.6. The summed E-state index contributed by atoms with van der Waals surface area (Å²) in [5.74, 6) is 1.03. The topological polar surface area (TPSA) is 57.2 Å². The van der Waals surface area contributed by atoms with Crippen molar-refractivity contribution < 1.29 is 24.1 Å². The fourth-order valence-electron chi connectivity index (χ4n) is 1.54. The first-order valence-electron chi connectivity index (χ1n) is 6.76. The maximum Gasteiger partial charge on any atom is 0.111 e. The summed E-state index contributed by atoms with van der Waals surface area (Å²) in [6, 6.07) is 0. The van der Waals surface area contributed by atoms with Gasteiger partial charge in [-0.1, -0.05) is 12.2 Å². The van der Waals surface area contributed by atoms with E-state index in [1.165, 1.54) is 0 Å². The second-order valence-corrected chi connectivity index (χ2v) is 4.01. The second kappa shape index (κ2) is 12.2. The monoisotopic (exact) mass is 272 g/mol. The van der Waals surface area contributed by atoms with E-state index in [1.54, 1.807) is 0 Å². The van der Waals surface area contributed by atoms with Crippen molar-refractivity contribution in [2.45, 2.75) is 12.8 Å². The summed E-state index contributed by atoms with van der Waals surface area (Å²) >= 11 is 0. The first-order valence-corrected chi connectivity index (χ1v) is 6.76. The Morgan fingerprint density at radius 1 is 0.895 bits per heavy atom. The lowest BCUT2D eigenvalue weighted by Crippen LogP contribution is -2.12. The molecule has 0 unspecified atom stereocenters. The fraction of sp³-hybridized carbons (Fsp3) is 0.714. The van der Waals surface area contributed by atoms with Crippen LogP contribution in [0.3, 0.4) is 0 Å². The van der Waals surface area contributed by atoms with Crippen molar-refractivity contribution in [2.75, 3.05) is 52.9 Å². The summed E-state index contributed by atoms with van der Waals surface area (Å²) < 4.78 is 21.3. The molecule has 19 heavy (non-hydrogen) atoms. The van der Waals surface area contributed by atoms with Crippen LogP contribution in [0.25, 0.3) is 0 Å². The quantitative estimate of drug-likeness (QED) is 0.542. The van der Waals surface area contributed by atoms with Gasteiger partial charge in [-0.2, -0.15) is 0 Å². The smallest absolute Gasteiger partial charge is 0.111 e. The molecule has 0 heterocycles. The molecule has 0 spiro atoms. The van der Waals surface area contributed by atoms with E-state index in [0.29, 0.717) is 46.2 Å². The van der Waals surface area contributed by atoms with Crippen LogP contribution < -0.4 is 0 Å². The van der Waals surface area contributed by atoms with Gasteiger partial charge in [0.25, 0.3) is 0 Å². The molecule has 0 fully saturated rings. The standard InChI is InChI=1S/C14H24O5/c15-6-7-16-8-9-17-10-11-18-12-13-19-14-4-2-1-3-5-14/h1-2,4,15H,3,5-13H2. The van der Waals surface area contributed by atoms with Crippen molar-refractivity contribution in [3.63, 3.8) is 0 Å². The van der Waals surface area contributed by atoms with E-state index in [9.17, 15) is 0 Å². The lowest BCUT2D eigenvalue weighted by Gasteiger charge is -2.11. The van der Waals surface area contributed by atoms with E-state index >= 15 is 0 Å². The Kier molecular flexibility index (Phi) is 10.4. The molecular formula is C14H24O5. The van der Waals surface area contributed by atoms with Crippen molar-refractivity contribution in [1.29, 1.82) is 0 Å². The van der Waals surface area contributed by atoms with Gasteiger partial charge in [0.15, 0.2) is 0 Å². The summed E-state index contributed by atoms with van der Waals surface area (Å²) in [4.78, 5) is 0. The van der Waals surface area contributed by atoms with E-state index in [2.05, 4.69) is 6.08 Å². The maximum absolute atomic E-state index is 8.48. The van der Waals surface area contributed by atoms with Crippen LogP contribution in [-0.4, -0.2) is 58.0 Å². The van der Waals surface area contributed by atoms with E-state index in [0.717, 1.165) is 18.6 Å². The zero-order chi connectivity index (χ0) is 13.6. The van der Waals surface area contributed by atoms with Crippen LogP contribution >= 0.6 is 0 Å². The summed E-state index contributed by atoms with van der Waals surface area (Å²) in [5, 5.41) is 8.48. The summed E-state index contributed by atoms with van der Waals surface area (Å²) in [6.07, 6.45) is 8.18. The van der Waals surface area contributed by atoms with Crippen molar-refractivity contribution in [3.05, 3.63) is 24.0 Å². The summed E-state index contributed by atoms with van der Waals surface area (Å²) in [7, 11) is 0. The predicted octanol–water partition coefficient (Wildman–Crippen LogP) is 1.28. The van der Waals surface area contributed by atoms with Crippen LogP contribution in [0.5, 0.6) is 0 Å². The molecule has 0 radical (unpaired) electrons. The Morgan fingerprint density at radius 2 is 1.53 bits per heavy atom. The first-order chi connectivity index (χ1) is 9.43. The molecule has 0 amide bonds. The zero-order valence-corrected chi connectivity index (χ0v) is 11.4. The largest absolute Gasteiger partial charge is 0.496 e. The minimum absolute atomic E-state index is 0.0509. The third kappa shape index (κ3) is 9.67. The van der Waals surface area contributed by atoms with Crippen LogP contribution in [0.15, 0.2) is 24.0 Å². The molecule has 110 valence electrons. The van der Waals surface area contributed by atoms with Gasteiger partial charge in [0.1, 0.15) is 6.61 Å². The molecule has 0 aliphatic heterocycles. The highest BCUT2D eigenvalue weighted by Crippen LogP contribution is 2.12. The van der Waals surface area contributed by atoms with Crippen LogP contribution in [0.1, 0.15) is 12.8 Å². The lowest BCUT2D eigenvalue weighted by atomic mass is 10.2. The van der Waals surface area contributed by atoms with Gasteiger partial charge in [0.2, 0.25) is 0 Å². The van der Waals surface area contributed by atoms with Gasteiger partial charge in [-0.25, -0.2) is 0 Å². The molecule has 1 rings (SSSR count). The number of aliphatic hydroxyl groups is 1. The van der Waals surface area contributed by atoms with Gasteiger partial charge in [0, 0.05) is 6.42 Å². The van der Waals surface area contributed by atoms with Crippen molar-refractivity contribution in [1.82, 2.24) is 0 Å². The molecule has 1 N–H and O–H groups in total. The maximum atomic E-state index is 8.48. The SMILES string of the molecule is OCCOCCOCCOCCOC1=CC=CCC1. The van der Waals surface area contributed by atoms with Gasteiger partial charge in [-0.05, 0) is 12.5 Å². The molecule has 0 aromatic rings. The van der Waals surface area contributed by atoms with E-state index in [4.69, 9.17) is 24.1 Å². The highest BCUT2D eigenvalue weighted by Gasteiger charge is 1.99. The second-order valence-electron chi connectivity index (χ2n) is 4.01. The Hall–Kier alpha value is -0.880. The van der Waals surface area contributed by atoms with Crippen LogP contribution in [-0.2, 0) is 18.9 Å². The molecule has 0 saturated carbocycles. The Morgan fingerprint density at radius 3 is 2.11 bits per heavy atom. The zero-order valence-electron chi connectivity index (χ0n) is 11.4. The Labute approximate surface area is 114 Å². The van der Waals surface area contributed by atoms with E-state index < -0.39 is 0 Å². The summed E-state index contributed by atoms with van der Waals surface area (Å²) in [5.41, 5.74) is 0. The van der Waals surface area contributed by atoms with E-state index in [-0.39, 0.29) is 6.61 Å². The third-order valence-electron chi connectivity index (χ3n) is 2.47. The normalized spacial score (nSPS) is 14.5. The van der Waals surface area contributed by atoms with Crippen LogP contribution in [0.2, 0.25) is 0 Å². The number of hydrogen-bond acceptors (Lipinski definition) is 5. The Bertz CT molecular complexity index is 263. The van der Waals surface area contributed by atoms with Crippen molar-refractivity contribution >= 4 is 0 Å². The molecule has 0 atom stereocenters. The van der Waals surface area contributed by atoms with Gasteiger partial charge in [-0.15, -0.1) is 0 Å². The molecule has 0 aromatic heterocycles. The van der Waals surface area contributed by atoms with Gasteiger partial charge < -0.3 is 24.1 Å². The van der Waals surface area contributed by atoms with E-state index in [1.807, 2.05) is 12.2 Å². The summed E-state index contributed by atoms with van der Waals surface area (Å²) in [6.45, 7) is 3.71. The number of hydrogen-bond donors (Lipinski definition) is 1. The highest BCUT2D eigenvalue weighted by molar-refractivity contribution is 5.12. The molecule has 1 aliphatic rings. The number of aliphatic hydroxyl groups excluding tert-OH is 1. The van der Waals surface area contributed by atoms with Crippen molar-refractivity contribution in [3.8, 4) is 0 Å². The van der Waals surface area contributed by atoms with Gasteiger partial charge in [0.05, 0.1) is 52.0 Å². The average molecular weight is 272 g/mol. The van der Waals surface area contributed by atoms with Gasteiger partial charge in [-0.3, -0.25) is 0 Å². The first kappa shape index (κ1) is 16.2. The minimum Gasteiger partial charge on any atom is -0.496 e. The van der Waals surface area contributed by atoms with Crippen LogP contribution in [0, 0.1) is 0 Å². The molecule has 0 saturated heterocycles. The number of ether oxygens (including phenoxy) is 4. The molecule has 1 aliphatic carbocycles. The molecule has 0 bridgehead atoms. The molecule has 5 heteroatoms. The molecule has 0 aromatic carbocycles. The third-order valence-corrected chi connectivity index (χ3v) is 2.47. The van der Waals surface area contributed by atoms with Crippen molar-refractivity contribution in [2.24, 2.45) is 0 Å². The fourth-order valence-corrected chi connectivity index (χ4v) is 1.54. The molecular weight excluding hydrogens is 248 g/mol. The van der Waals surface area contributed by atoms with Gasteiger partial charge >= 0.3 is 0 Å². The molecule has 5 nitrogen and oxygen atoms in total. The van der Waals surface area contributed by atoms with Crippen LogP contribution in [0.4, 0.5) is 0 Å². The number of rotatable bonds is 12. The average Bonchev–Trinajstić information content (AvgIpc) is 2.46. The Balaban J connectivity index is 1.76.